The minimum absolute atomic E-state index is 0.307. The molecular weight excluding hydrogens is 605 g/mol. The minimum atomic E-state index is 0.307. The second-order valence-electron chi connectivity index (χ2n) is 14.3. The summed E-state index contributed by atoms with van der Waals surface area (Å²) in [6, 6.07) is 45.9. The van der Waals surface area contributed by atoms with Gasteiger partial charge in [0.05, 0.1) is 11.6 Å². The smallest absolute Gasteiger partial charge is 0.0537 e. The number of fused-ring (bicyclic) bond motifs is 6. The molecule has 1 aliphatic heterocycles. The van der Waals surface area contributed by atoms with Gasteiger partial charge in [-0.3, -0.25) is 0 Å². The summed E-state index contributed by atoms with van der Waals surface area (Å²) in [5.74, 6) is 0.704. The molecule has 0 amide bonds. The number of allylic oxidation sites excluding steroid dienone is 6. The Balaban J connectivity index is 1.09. The molecule has 0 radical (unpaired) electrons. The monoisotopic (exact) mass is 644 g/mol. The summed E-state index contributed by atoms with van der Waals surface area (Å²) in [5, 5.41) is 1.37. The summed E-state index contributed by atoms with van der Waals surface area (Å²) in [6.07, 6.45) is 21.8. The van der Waals surface area contributed by atoms with Gasteiger partial charge in [-0.25, -0.2) is 0 Å². The molecule has 2 nitrogen and oxygen atoms in total. The topological polar surface area (TPSA) is 8.17 Å². The maximum Gasteiger partial charge on any atom is 0.0537 e. The summed E-state index contributed by atoms with van der Waals surface area (Å²) in [4.78, 5) is 2.68. The zero-order valence-electron chi connectivity index (χ0n) is 28.3. The third kappa shape index (κ3) is 4.77. The molecule has 50 heavy (non-hydrogen) atoms. The van der Waals surface area contributed by atoms with Crippen LogP contribution in [0.25, 0.3) is 39.4 Å². The summed E-state index contributed by atoms with van der Waals surface area (Å²) < 4.78 is 2.53. The summed E-state index contributed by atoms with van der Waals surface area (Å²) in [6.45, 7) is 0. The molecule has 0 N–H and O–H groups in total. The highest BCUT2D eigenvalue weighted by Crippen LogP contribution is 2.53. The number of para-hydroxylation sites is 1. The van der Waals surface area contributed by atoms with E-state index in [2.05, 4.69) is 173 Å². The molecular formula is C48H40N2. The van der Waals surface area contributed by atoms with E-state index in [-0.39, 0.29) is 0 Å². The van der Waals surface area contributed by atoms with Crippen molar-refractivity contribution in [2.75, 3.05) is 4.90 Å². The first-order valence-corrected chi connectivity index (χ1v) is 18.3. The van der Waals surface area contributed by atoms with Crippen molar-refractivity contribution < 1.29 is 0 Å². The van der Waals surface area contributed by atoms with Gasteiger partial charge in [-0.2, -0.15) is 0 Å². The lowest BCUT2D eigenvalue weighted by atomic mass is 9.76. The molecule has 0 bridgehead atoms. The average molecular weight is 645 g/mol. The zero-order chi connectivity index (χ0) is 33.0. The molecule has 5 aromatic carbocycles. The van der Waals surface area contributed by atoms with E-state index >= 15 is 0 Å². The maximum atomic E-state index is 2.68. The van der Waals surface area contributed by atoms with Crippen LogP contribution in [0.2, 0.25) is 0 Å². The molecule has 0 fully saturated rings. The summed E-state index contributed by atoms with van der Waals surface area (Å²) >= 11 is 0. The van der Waals surface area contributed by atoms with Gasteiger partial charge in [0.15, 0.2) is 0 Å². The van der Waals surface area contributed by atoms with Crippen LogP contribution >= 0.6 is 0 Å². The minimum Gasteiger partial charge on any atom is -0.337 e. The Morgan fingerprint density at radius 3 is 2.32 bits per heavy atom. The largest absolute Gasteiger partial charge is 0.337 e. The first kappa shape index (κ1) is 29.3. The van der Waals surface area contributed by atoms with Crippen LogP contribution in [0.3, 0.4) is 0 Å². The number of nitrogens with zero attached hydrogens (tertiary/aromatic N) is 2. The molecule has 3 aliphatic carbocycles. The van der Waals surface area contributed by atoms with Gasteiger partial charge >= 0.3 is 0 Å². The van der Waals surface area contributed by atoms with E-state index in [0.29, 0.717) is 17.9 Å². The fourth-order valence-corrected chi connectivity index (χ4v) is 9.22. The first-order chi connectivity index (χ1) is 24.8. The van der Waals surface area contributed by atoms with E-state index in [0.717, 1.165) is 32.1 Å². The Morgan fingerprint density at radius 2 is 1.42 bits per heavy atom. The molecule has 1 aromatic heterocycles. The average Bonchev–Trinajstić information content (AvgIpc) is 3.71. The SMILES string of the molecule is C1=CCCC(c2cccc(N3c4ccccc4C4C=CCC(c5ccc6c(c5)c5c(n6-c6cccc(-c7ccccc7)c6)CCC=C5)C43)c2)=C1. The quantitative estimate of drug-likeness (QED) is 0.170. The van der Waals surface area contributed by atoms with E-state index in [1.54, 1.807) is 0 Å². The Morgan fingerprint density at radius 1 is 0.620 bits per heavy atom. The molecule has 2 heteroatoms. The zero-order valence-corrected chi connectivity index (χ0v) is 28.3. The van der Waals surface area contributed by atoms with Crippen molar-refractivity contribution in [1.82, 2.24) is 4.57 Å². The van der Waals surface area contributed by atoms with Crippen molar-refractivity contribution in [3.63, 3.8) is 0 Å². The predicted octanol–water partition coefficient (Wildman–Crippen LogP) is 12.3. The third-order valence-corrected chi connectivity index (χ3v) is 11.5. The van der Waals surface area contributed by atoms with Crippen LogP contribution in [0.4, 0.5) is 11.4 Å². The van der Waals surface area contributed by atoms with Gasteiger partial charge < -0.3 is 9.47 Å². The maximum absolute atomic E-state index is 2.68. The lowest BCUT2D eigenvalue weighted by Crippen LogP contribution is -2.37. The standard InChI is InChI=1S/C48H40N2/c1-3-14-33(15-4-1)35-18-11-20-38(30-35)49-45-26-9-8-23-42(45)44-32-37(28-29-47(44)49)40-24-13-25-43-41-22-7-10-27-46(41)50(48(40)43)39-21-12-19-36(31-39)34-16-5-2-6-17-34/h1-5,7-8,10-16,18-23,25,27-32,40,43,48H,6,9,17,24,26H2. The Labute approximate surface area is 295 Å². The van der Waals surface area contributed by atoms with Gasteiger partial charge in [-0.15, -0.1) is 0 Å². The summed E-state index contributed by atoms with van der Waals surface area (Å²) in [5.41, 5.74) is 16.1. The van der Waals surface area contributed by atoms with Crippen LogP contribution in [-0.4, -0.2) is 10.6 Å². The fraction of sp³-hybridized carbons (Fsp3) is 0.167. The number of benzene rings is 5. The lowest BCUT2D eigenvalue weighted by Gasteiger charge is -2.38. The van der Waals surface area contributed by atoms with E-state index in [1.165, 1.54) is 72.6 Å². The highest BCUT2D eigenvalue weighted by atomic mass is 15.2. The summed E-state index contributed by atoms with van der Waals surface area (Å²) in [7, 11) is 0. The number of rotatable bonds is 5. The Bertz CT molecular complexity index is 2380. The molecule has 6 aromatic rings. The van der Waals surface area contributed by atoms with Gasteiger partial charge in [0, 0.05) is 45.5 Å². The van der Waals surface area contributed by atoms with E-state index < -0.39 is 0 Å². The normalized spacial score (nSPS) is 20.4. The van der Waals surface area contributed by atoms with Crippen LogP contribution in [0, 0.1) is 0 Å². The van der Waals surface area contributed by atoms with Crippen molar-refractivity contribution >= 4 is 33.9 Å². The number of hydrogen-bond donors (Lipinski definition) is 0. The predicted molar refractivity (Wildman–Crippen MR) is 210 cm³/mol. The lowest BCUT2D eigenvalue weighted by molar-refractivity contribution is 0.492. The molecule has 4 aliphatic rings. The second-order valence-corrected chi connectivity index (χ2v) is 14.3. The molecule has 0 spiro atoms. The number of aromatic nitrogens is 1. The van der Waals surface area contributed by atoms with Crippen molar-refractivity contribution in [3.8, 4) is 16.8 Å². The molecule has 3 atom stereocenters. The third-order valence-electron chi connectivity index (χ3n) is 11.5. The van der Waals surface area contributed by atoms with Crippen molar-refractivity contribution in [1.29, 1.82) is 0 Å². The van der Waals surface area contributed by atoms with Crippen LogP contribution in [0.1, 0.15) is 65.5 Å². The van der Waals surface area contributed by atoms with Crippen molar-refractivity contribution in [2.24, 2.45) is 0 Å². The molecule has 2 heterocycles. The van der Waals surface area contributed by atoms with Crippen LogP contribution in [-0.2, 0) is 6.42 Å². The Kier molecular flexibility index (Phi) is 7.08. The number of hydrogen-bond acceptors (Lipinski definition) is 1. The van der Waals surface area contributed by atoms with Crippen LogP contribution in [0.5, 0.6) is 0 Å². The van der Waals surface area contributed by atoms with Gasteiger partial charge in [-0.05, 0) is 108 Å². The van der Waals surface area contributed by atoms with Crippen molar-refractivity contribution in [3.05, 3.63) is 186 Å². The van der Waals surface area contributed by atoms with Crippen LogP contribution in [0.15, 0.2) is 158 Å². The number of anilines is 2. The van der Waals surface area contributed by atoms with Gasteiger partial charge in [-0.1, -0.05) is 121 Å². The molecule has 0 saturated heterocycles. The van der Waals surface area contributed by atoms with E-state index in [9.17, 15) is 0 Å². The van der Waals surface area contributed by atoms with E-state index in [1.807, 2.05) is 0 Å². The molecule has 0 saturated carbocycles. The highest BCUT2D eigenvalue weighted by Gasteiger charge is 2.44. The van der Waals surface area contributed by atoms with Crippen molar-refractivity contribution in [2.45, 2.75) is 50.0 Å². The highest BCUT2D eigenvalue weighted by molar-refractivity contribution is 5.94. The molecule has 242 valence electrons. The van der Waals surface area contributed by atoms with Gasteiger partial charge in [0.2, 0.25) is 0 Å². The fourth-order valence-electron chi connectivity index (χ4n) is 9.22. The molecule has 3 unspecified atom stereocenters. The van der Waals surface area contributed by atoms with Gasteiger partial charge in [0.1, 0.15) is 0 Å². The van der Waals surface area contributed by atoms with E-state index in [4.69, 9.17) is 0 Å². The Hall–Kier alpha value is -5.60. The molecule has 10 rings (SSSR count). The second kappa shape index (κ2) is 12.1. The first-order valence-electron chi connectivity index (χ1n) is 18.3. The van der Waals surface area contributed by atoms with Gasteiger partial charge in [0.25, 0.3) is 0 Å². The van der Waals surface area contributed by atoms with Crippen LogP contribution < -0.4 is 4.90 Å².